The maximum Gasteiger partial charge on any atom is 0.446 e. The Hall–Kier alpha value is -2.55. The number of nitrogens with one attached hydrogen (secondary N) is 1. The first-order chi connectivity index (χ1) is 12.6. The fourth-order valence-electron chi connectivity index (χ4n) is 2.01. The SMILES string of the molecule is C[C@H](OC(=O)c1ccc(SC(F)(F)F)cc1)C(=O)NCc1ccc(F)cc1. The van der Waals surface area contributed by atoms with Crippen LogP contribution in [0.25, 0.3) is 0 Å². The number of carbonyl (C=O) groups excluding carboxylic acids is 2. The van der Waals surface area contributed by atoms with Gasteiger partial charge in [-0.3, -0.25) is 4.79 Å². The third-order valence-corrected chi connectivity index (χ3v) is 4.10. The number of ether oxygens (including phenoxy) is 1. The third-order valence-electron chi connectivity index (χ3n) is 3.36. The lowest BCUT2D eigenvalue weighted by molar-refractivity contribution is -0.129. The van der Waals surface area contributed by atoms with Crippen molar-refractivity contribution in [3.05, 3.63) is 65.5 Å². The molecule has 1 amide bonds. The Kier molecular flexibility index (Phi) is 6.84. The molecule has 2 aromatic rings. The molecule has 0 aromatic heterocycles. The molecule has 0 aliphatic carbocycles. The minimum atomic E-state index is -4.42. The average Bonchev–Trinajstić information content (AvgIpc) is 2.60. The number of benzene rings is 2. The van der Waals surface area contributed by atoms with Crippen molar-refractivity contribution in [2.75, 3.05) is 0 Å². The number of hydrogen-bond acceptors (Lipinski definition) is 4. The summed E-state index contributed by atoms with van der Waals surface area (Å²) in [5, 5.41) is 2.54. The zero-order valence-electron chi connectivity index (χ0n) is 14.0. The molecule has 0 saturated carbocycles. The summed E-state index contributed by atoms with van der Waals surface area (Å²) in [7, 11) is 0. The first-order valence-corrected chi connectivity index (χ1v) is 8.54. The Morgan fingerprint density at radius 1 is 1.07 bits per heavy atom. The number of alkyl halides is 3. The lowest BCUT2D eigenvalue weighted by atomic mass is 10.2. The largest absolute Gasteiger partial charge is 0.449 e. The van der Waals surface area contributed by atoms with Crippen LogP contribution in [-0.4, -0.2) is 23.5 Å². The van der Waals surface area contributed by atoms with Crippen LogP contribution in [0.2, 0.25) is 0 Å². The van der Waals surface area contributed by atoms with Gasteiger partial charge in [-0.15, -0.1) is 0 Å². The number of carbonyl (C=O) groups is 2. The molecule has 0 aliphatic heterocycles. The van der Waals surface area contributed by atoms with Crippen molar-refractivity contribution in [2.45, 2.75) is 30.0 Å². The number of amides is 1. The van der Waals surface area contributed by atoms with Crippen molar-refractivity contribution in [1.82, 2.24) is 5.32 Å². The van der Waals surface area contributed by atoms with E-state index in [1.54, 1.807) is 0 Å². The molecule has 2 rings (SSSR count). The Balaban J connectivity index is 1.86. The zero-order valence-corrected chi connectivity index (χ0v) is 14.9. The molecular formula is C18H15F4NO3S. The minimum absolute atomic E-state index is 0.0275. The van der Waals surface area contributed by atoms with Crippen LogP contribution in [0.15, 0.2) is 53.4 Å². The molecule has 0 bridgehead atoms. The molecule has 1 N–H and O–H groups in total. The van der Waals surface area contributed by atoms with Crippen LogP contribution in [0.4, 0.5) is 17.6 Å². The molecular weight excluding hydrogens is 386 g/mol. The van der Waals surface area contributed by atoms with Gasteiger partial charge >= 0.3 is 11.5 Å². The third kappa shape index (κ3) is 6.93. The van der Waals surface area contributed by atoms with Gasteiger partial charge < -0.3 is 10.1 Å². The van der Waals surface area contributed by atoms with Crippen molar-refractivity contribution >= 4 is 23.6 Å². The number of hydrogen-bond donors (Lipinski definition) is 1. The van der Waals surface area contributed by atoms with Gasteiger partial charge in [0.2, 0.25) is 0 Å². The second kappa shape index (κ2) is 8.90. The summed E-state index contributed by atoms with van der Waals surface area (Å²) in [4.78, 5) is 23.9. The lowest BCUT2D eigenvalue weighted by Crippen LogP contribution is -2.35. The smallest absolute Gasteiger partial charge is 0.446 e. The first-order valence-electron chi connectivity index (χ1n) is 7.73. The van der Waals surface area contributed by atoms with Gasteiger partial charge in [0.25, 0.3) is 5.91 Å². The van der Waals surface area contributed by atoms with Crippen molar-refractivity contribution < 1.29 is 31.9 Å². The van der Waals surface area contributed by atoms with Gasteiger partial charge in [-0.05, 0) is 60.6 Å². The van der Waals surface area contributed by atoms with Crippen LogP contribution in [-0.2, 0) is 16.1 Å². The Morgan fingerprint density at radius 2 is 1.67 bits per heavy atom. The van der Waals surface area contributed by atoms with Crippen LogP contribution in [0, 0.1) is 5.82 Å². The molecule has 0 heterocycles. The van der Waals surface area contributed by atoms with Gasteiger partial charge in [-0.2, -0.15) is 13.2 Å². The molecule has 1 atom stereocenters. The zero-order chi connectivity index (χ0) is 20.0. The molecule has 0 spiro atoms. The highest BCUT2D eigenvalue weighted by Crippen LogP contribution is 2.36. The van der Waals surface area contributed by atoms with Crippen molar-refractivity contribution in [1.29, 1.82) is 0 Å². The Bertz CT molecular complexity index is 792. The predicted molar refractivity (Wildman–Crippen MR) is 91.5 cm³/mol. The van der Waals surface area contributed by atoms with Crippen molar-refractivity contribution in [3.8, 4) is 0 Å². The molecule has 2 aromatic carbocycles. The van der Waals surface area contributed by atoms with E-state index in [0.29, 0.717) is 5.56 Å². The van der Waals surface area contributed by atoms with Crippen LogP contribution >= 0.6 is 11.8 Å². The summed E-state index contributed by atoms with van der Waals surface area (Å²) in [6.07, 6.45) is -1.11. The maximum absolute atomic E-state index is 12.8. The Labute approximate surface area is 156 Å². The molecule has 0 unspecified atom stereocenters. The van der Waals surface area contributed by atoms with E-state index >= 15 is 0 Å². The second-order valence-corrected chi connectivity index (χ2v) is 6.60. The standard InChI is InChI=1S/C18H15F4NO3S/c1-11(16(24)23-10-12-2-6-14(19)7-3-12)26-17(25)13-4-8-15(9-5-13)27-18(20,21)22/h2-9,11H,10H2,1H3,(H,23,24)/t11-/m0/s1. The fourth-order valence-corrected chi connectivity index (χ4v) is 2.55. The van der Waals surface area contributed by atoms with Crippen LogP contribution in [0.1, 0.15) is 22.8 Å². The molecule has 4 nitrogen and oxygen atoms in total. The van der Waals surface area contributed by atoms with Gasteiger partial charge in [0.1, 0.15) is 5.82 Å². The van der Waals surface area contributed by atoms with Crippen molar-refractivity contribution in [3.63, 3.8) is 0 Å². The molecule has 144 valence electrons. The van der Waals surface area contributed by atoms with Gasteiger partial charge in [-0.1, -0.05) is 12.1 Å². The van der Waals surface area contributed by atoms with Crippen LogP contribution < -0.4 is 5.32 Å². The minimum Gasteiger partial charge on any atom is -0.449 e. The van der Waals surface area contributed by atoms with E-state index in [1.807, 2.05) is 0 Å². The second-order valence-electron chi connectivity index (χ2n) is 5.46. The van der Waals surface area contributed by atoms with Gasteiger partial charge in [0.05, 0.1) is 5.56 Å². The number of halogens is 4. The summed E-state index contributed by atoms with van der Waals surface area (Å²) >= 11 is -0.294. The first kappa shape index (κ1) is 20.8. The monoisotopic (exact) mass is 401 g/mol. The molecule has 0 aliphatic rings. The fraction of sp³-hybridized carbons (Fsp3) is 0.222. The van der Waals surface area contributed by atoms with Gasteiger partial charge in [0, 0.05) is 11.4 Å². The van der Waals surface area contributed by atoms with Gasteiger partial charge in [-0.25, -0.2) is 9.18 Å². The van der Waals surface area contributed by atoms with E-state index in [0.717, 1.165) is 12.1 Å². The summed E-state index contributed by atoms with van der Waals surface area (Å²) in [5.74, 6) is -1.79. The van der Waals surface area contributed by atoms with Crippen molar-refractivity contribution in [2.24, 2.45) is 0 Å². The van der Waals surface area contributed by atoms with E-state index in [-0.39, 0.29) is 28.8 Å². The van der Waals surface area contributed by atoms with E-state index in [4.69, 9.17) is 4.74 Å². The van der Waals surface area contributed by atoms with Crippen LogP contribution in [0.3, 0.4) is 0 Å². The van der Waals surface area contributed by atoms with Gasteiger partial charge in [0.15, 0.2) is 6.10 Å². The van der Waals surface area contributed by atoms with E-state index in [2.05, 4.69) is 5.32 Å². The van der Waals surface area contributed by atoms with E-state index in [1.165, 1.54) is 43.3 Å². The molecule has 9 heteroatoms. The maximum atomic E-state index is 12.8. The molecule has 0 radical (unpaired) electrons. The number of esters is 1. The topological polar surface area (TPSA) is 55.4 Å². The summed E-state index contributed by atoms with van der Waals surface area (Å²) in [6.45, 7) is 1.50. The number of thioether (sulfide) groups is 1. The quantitative estimate of drug-likeness (QED) is 0.446. The highest BCUT2D eigenvalue weighted by atomic mass is 32.2. The number of rotatable bonds is 6. The molecule has 0 fully saturated rings. The Morgan fingerprint density at radius 3 is 2.22 bits per heavy atom. The normalized spacial score (nSPS) is 12.3. The predicted octanol–water partition coefficient (Wildman–Crippen LogP) is 4.30. The van der Waals surface area contributed by atoms with Crippen LogP contribution in [0.5, 0.6) is 0 Å². The summed E-state index contributed by atoms with van der Waals surface area (Å²) < 4.78 is 54.7. The summed E-state index contributed by atoms with van der Waals surface area (Å²) in [5.41, 5.74) is -3.72. The lowest BCUT2D eigenvalue weighted by Gasteiger charge is -2.14. The van der Waals surface area contributed by atoms with E-state index < -0.39 is 29.3 Å². The average molecular weight is 401 g/mol. The molecule has 27 heavy (non-hydrogen) atoms. The molecule has 0 saturated heterocycles. The van der Waals surface area contributed by atoms with E-state index in [9.17, 15) is 27.2 Å². The highest BCUT2D eigenvalue weighted by Gasteiger charge is 2.29. The summed E-state index contributed by atoms with van der Waals surface area (Å²) in [6, 6.07) is 10.2. The highest BCUT2D eigenvalue weighted by molar-refractivity contribution is 8.00.